The summed E-state index contributed by atoms with van der Waals surface area (Å²) in [5.74, 6) is 0.539. The lowest BCUT2D eigenvalue weighted by atomic mass is 9.99. The Kier molecular flexibility index (Phi) is 4.62. The Bertz CT molecular complexity index is 502. The fourth-order valence-corrected chi connectivity index (χ4v) is 2.43. The Labute approximate surface area is 116 Å². The molecule has 0 aliphatic rings. The topological polar surface area (TPSA) is 12.0 Å². The highest BCUT2D eigenvalue weighted by atomic mass is 14.9. The average molecular weight is 253 g/mol. The zero-order chi connectivity index (χ0) is 13.7. The molecule has 19 heavy (non-hydrogen) atoms. The molecule has 1 atom stereocenters. The van der Waals surface area contributed by atoms with Gasteiger partial charge in [0, 0.05) is 5.69 Å². The Morgan fingerprint density at radius 2 is 1.53 bits per heavy atom. The van der Waals surface area contributed by atoms with Crippen molar-refractivity contribution in [3.05, 3.63) is 65.7 Å². The standard InChI is InChI=1S/C18H23N/c1-4-17(15-10-6-5-7-11-15)19-18-13-9-8-12-16(18)14(2)3/h5-14,17,19H,4H2,1-3H3. The van der Waals surface area contributed by atoms with Crippen LogP contribution in [0.1, 0.15) is 50.3 Å². The molecule has 0 heterocycles. The highest BCUT2D eigenvalue weighted by Gasteiger charge is 2.12. The molecule has 1 nitrogen and oxygen atoms in total. The first kappa shape index (κ1) is 13.7. The fraction of sp³-hybridized carbons (Fsp3) is 0.333. The first-order valence-electron chi connectivity index (χ1n) is 7.12. The summed E-state index contributed by atoms with van der Waals surface area (Å²) in [7, 11) is 0. The maximum atomic E-state index is 3.69. The molecule has 0 saturated carbocycles. The molecule has 2 rings (SSSR count). The summed E-state index contributed by atoms with van der Waals surface area (Å²) >= 11 is 0. The van der Waals surface area contributed by atoms with Crippen LogP contribution < -0.4 is 5.32 Å². The van der Waals surface area contributed by atoms with Gasteiger partial charge in [-0.25, -0.2) is 0 Å². The molecular formula is C18H23N. The number of hydrogen-bond donors (Lipinski definition) is 1. The van der Waals surface area contributed by atoms with E-state index in [4.69, 9.17) is 0 Å². The lowest BCUT2D eigenvalue weighted by molar-refractivity contribution is 0.743. The minimum atomic E-state index is 0.376. The van der Waals surface area contributed by atoms with Gasteiger partial charge < -0.3 is 5.32 Å². The van der Waals surface area contributed by atoms with Crippen molar-refractivity contribution in [2.24, 2.45) is 0 Å². The van der Waals surface area contributed by atoms with Crippen molar-refractivity contribution in [1.29, 1.82) is 0 Å². The molecule has 1 heteroatoms. The van der Waals surface area contributed by atoms with Crippen molar-refractivity contribution in [2.75, 3.05) is 5.32 Å². The van der Waals surface area contributed by atoms with E-state index in [1.165, 1.54) is 16.8 Å². The van der Waals surface area contributed by atoms with Gasteiger partial charge in [0.25, 0.3) is 0 Å². The largest absolute Gasteiger partial charge is 0.378 e. The lowest BCUT2D eigenvalue weighted by Crippen LogP contribution is -2.11. The van der Waals surface area contributed by atoms with Crippen molar-refractivity contribution in [1.82, 2.24) is 0 Å². The third-order valence-electron chi connectivity index (χ3n) is 3.52. The molecule has 2 aromatic rings. The first-order valence-corrected chi connectivity index (χ1v) is 7.12. The van der Waals surface area contributed by atoms with E-state index in [2.05, 4.69) is 80.7 Å². The molecular weight excluding hydrogens is 230 g/mol. The highest BCUT2D eigenvalue weighted by molar-refractivity contribution is 5.54. The number of rotatable bonds is 5. The van der Waals surface area contributed by atoms with Crippen LogP contribution in [0.15, 0.2) is 54.6 Å². The normalized spacial score (nSPS) is 12.4. The Morgan fingerprint density at radius 3 is 2.16 bits per heavy atom. The molecule has 0 bridgehead atoms. The molecule has 0 fully saturated rings. The summed E-state index contributed by atoms with van der Waals surface area (Å²) < 4.78 is 0. The van der Waals surface area contributed by atoms with E-state index >= 15 is 0 Å². The smallest absolute Gasteiger partial charge is 0.0511 e. The highest BCUT2D eigenvalue weighted by Crippen LogP contribution is 2.28. The van der Waals surface area contributed by atoms with E-state index in [1.54, 1.807) is 0 Å². The quantitative estimate of drug-likeness (QED) is 0.755. The Balaban J connectivity index is 2.24. The third-order valence-corrected chi connectivity index (χ3v) is 3.52. The van der Waals surface area contributed by atoms with Gasteiger partial charge in [-0.15, -0.1) is 0 Å². The van der Waals surface area contributed by atoms with E-state index < -0.39 is 0 Å². The zero-order valence-corrected chi connectivity index (χ0v) is 12.1. The second kappa shape index (κ2) is 6.42. The SMILES string of the molecule is CCC(Nc1ccccc1C(C)C)c1ccccc1. The van der Waals surface area contributed by atoms with E-state index in [0.717, 1.165) is 6.42 Å². The van der Waals surface area contributed by atoms with E-state index in [9.17, 15) is 0 Å². The van der Waals surface area contributed by atoms with Crippen molar-refractivity contribution in [3.63, 3.8) is 0 Å². The maximum absolute atomic E-state index is 3.69. The minimum Gasteiger partial charge on any atom is -0.378 e. The Morgan fingerprint density at radius 1 is 0.895 bits per heavy atom. The van der Waals surface area contributed by atoms with Crippen LogP contribution in [0.2, 0.25) is 0 Å². The molecule has 0 spiro atoms. The summed E-state index contributed by atoms with van der Waals surface area (Å²) in [6.07, 6.45) is 1.08. The second-order valence-corrected chi connectivity index (χ2v) is 5.26. The van der Waals surface area contributed by atoms with Crippen molar-refractivity contribution in [3.8, 4) is 0 Å². The number of benzene rings is 2. The van der Waals surface area contributed by atoms with E-state index in [0.29, 0.717) is 12.0 Å². The summed E-state index contributed by atoms with van der Waals surface area (Å²) in [6, 6.07) is 19.7. The molecule has 0 aliphatic carbocycles. The average Bonchev–Trinajstić information content (AvgIpc) is 2.46. The van der Waals surface area contributed by atoms with Crippen LogP contribution in [-0.2, 0) is 0 Å². The van der Waals surface area contributed by atoms with Crippen LogP contribution in [0.25, 0.3) is 0 Å². The van der Waals surface area contributed by atoms with Gasteiger partial charge in [0.15, 0.2) is 0 Å². The maximum Gasteiger partial charge on any atom is 0.0511 e. The van der Waals surface area contributed by atoms with Crippen LogP contribution >= 0.6 is 0 Å². The van der Waals surface area contributed by atoms with Gasteiger partial charge in [0.2, 0.25) is 0 Å². The molecule has 0 aliphatic heterocycles. The lowest BCUT2D eigenvalue weighted by Gasteiger charge is -2.22. The molecule has 0 saturated heterocycles. The van der Waals surface area contributed by atoms with Gasteiger partial charge in [-0.1, -0.05) is 69.3 Å². The molecule has 100 valence electrons. The molecule has 1 N–H and O–H groups in total. The number of para-hydroxylation sites is 1. The first-order chi connectivity index (χ1) is 9.22. The van der Waals surface area contributed by atoms with Gasteiger partial charge in [-0.05, 0) is 29.5 Å². The predicted molar refractivity (Wildman–Crippen MR) is 83.6 cm³/mol. The zero-order valence-electron chi connectivity index (χ0n) is 12.1. The summed E-state index contributed by atoms with van der Waals surface area (Å²) in [6.45, 7) is 6.70. The van der Waals surface area contributed by atoms with E-state index in [-0.39, 0.29) is 0 Å². The van der Waals surface area contributed by atoms with Crippen LogP contribution in [0, 0.1) is 0 Å². The summed E-state index contributed by atoms with van der Waals surface area (Å²) in [5.41, 5.74) is 3.99. The number of hydrogen-bond acceptors (Lipinski definition) is 1. The van der Waals surface area contributed by atoms with Gasteiger partial charge >= 0.3 is 0 Å². The van der Waals surface area contributed by atoms with Crippen LogP contribution in [-0.4, -0.2) is 0 Å². The van der Waals surface area contributed by atoms with Gasteiger partial charge in [0.1, 0.15) is 0 Å². The van der Waals surface area contributed by atoms with Crippen LogP contribution in [0.3, 0.4) is 0 Å². The van der Waals surface area contributed by atoms with Crippen molar-refractivity contribution in [2.45, 2.75) is 39.2 Å². The minimum absolute atomic E-state index is 0.376. The second-order valence-electron chi connectivity index (χ2n) is 5.26. The molecule has 0 aromatic heterocycles. The molecule has 0 radical (unpaired) electrons. The van der Waals surface area contributed by atoms with Crippen LogP contribution in [0.4, 0.5) is 5.69 Å². The molecule has 1 unspecified atom stereocenters. The van der Waals surface area contributed by atoms with Gasteiger partial charge in [-0.2, -0.15) is 0 Å². The Hall–Kier alpha value is -1.76. The van der Waals surface area contributed by atoms with Gasteiger partial charge in [-0.3, -0.25) is 0 Å². The van der Waals surface area contributed by atoms with Crippen LogP contribution in [0.5, 0.6) is 0 Å². The van der Waals surface area contributed by atoms with Crippen molar-refractivity contribution >= 4 is 5.69 Å². The number of nitrogens with one attached hydrogen (secondary N) is 1. The fourth-order valence-electron chi connectivity index (χ4n) is 2.43. The predicted octanol–water partition coefficient (Wildman–Crippen LogP) is 5.37. The van der Waals surface area contributed by atoms with Crippen molar-refractivity contribution < 1.29 is 0 Å². The monoisotopic (exact) mass is 253 g/mol. The van der Waals surface area contributed by atoms with E-state index in [1.807, 2.05) is 0 Å². The molecule has 0 amide bonds. The summed E-state index contributed by atoms with van der Waals surface area (Å²) in [5, 5.41) is 3.69. The molecule has 2 aromatic carbocycles. The third kappa shape index (κ3) is 3.37. The number of anilines is 1. The summed E-state index contributed by atoms with van der Waals surface area (Å²) in [4.78, 5) is 0. The van der Waals surface area contributed by atoms with Gasteiger partial charge in [0.05, 0.1) is 6.04 Å².